The fourth-order valence-electron chi connectivity index (χ4n) is 2.79. The molecule has 1 aromatic carbocycles. The molecule has 4 heteroatoms. The molecule has 2 unspecified atom stereocenters. The van der Waals surface area contributed by atoms with Crippen LogP contribution < -0.4 is 5.73 Å². The van der Waals surface area contributed by atoms with Crippen molar-refractivity contribution in [1.82, 2.24) is 4.90 Å². The standard InChI is InChI=1S/C13H16BrClN2/c14-10-7-8(1-4-11(10)15)13-12(16)5-6-17(13)9-2-3-9/h1,4,7,9,12-13H,2-3,5-6,16H2. The summed E-state index contributed by atoms with van der Waals surface area (Å²) in [7, 11) is 0. The molecule has 92 valence electrons. The Morgan fingerprint density at radius 1 is 1.29 bits per heavy atom. The predicted octanol–water partition coefficient (Wildman–Crippen LogP) is 3.34. The first-order valence-electron chi connectivity index (χ1n) is 6.13. The summed E-state index contributed by atoms with van der Waals surface area (Å²) in [6, 6.07) is 7.57. The Labute approximate surface area is 115 Å². The fraction of sp³-hybridized carbons (Fsp3) is 0.538. The Morgan fingerprint density at radius 2 is 2.06 bits per heavy atom. The summed E-state index contributed by atoms with van der Waals surface area (Å²) < 4.78 is 0.964. The van der Waals surface area contributed by atoms with E-state index in [4.69, 9.17) is 17.3 Å². The van der Waals surface area contributed by atoms with Crippen LogP contribution in [-0.4, -0.2) is 23.5 Å². The highest BCUT2D eigenvalue weighted by molar-refractivity contribution is 9.10. The van der Waals surface area contributed by atoms with E-state index in [9.17, 15) is 0 Å². The van der Waals surface area contributed by atoms with Gasteiger partial charge in [0.1, 0.15) is 0 Å². The normalized spacial score (nSPS) is 29.8. The summed E-state index contributed by atoms with van der Waals surface area (Å²) >= 11 is 9.54. The Balaban J connectivity index is 1.91. The second-order valence-electron chi connectivity index (χ2n) is 5.04. The van der Waals surface area contributed by atoms with Crippen molar-refractivity contribution in [3.63, 3.8) is 0 Å². The number of nitrogens with zero attached hydrogens (tertiary/aromatic N) is 1. The third kappa shape index (κ3) is 2.26. The lowest BCUT2D eigenvalue weighted by atomic mass is 10.0. The van der Waals surface area contributed by atoms with Gasteiger partial charge in [-0.05, 0) is 52.9 Å². The molecule has 3 rings (SSSR count). The minimum atomic E-state index is 0.253. The van der Waals surface area contributed by atoms with Gasteiger partial charge < -0.3 is 5.73 Å². The molecule has 1 saturated heterocycles. The van der Waals surface area contributed by atoms with Crippen molar-refractivity contribution in [2.75, 3.05) is 6.54 Å². The van der Waals surface area contributed by atoms with Gasteiger partial charge in [-0.1, -0.05) is 17.7 Å². The van der Waals surface area contributed by atoms with E-state index in [1.807, 2.05) is 6.07 Å². The zero-order chi connectivity index (χ0) is 12.0. The summed E-state index contributed by atoms with van der Waals surface area (Å²) in [5.41, 5.74) is 7.56. The molecule has 2 N–H and O–H groups in total. The van der Waals surface area contributed by atoms with Crippen LogP contribution in [0.15, 0.2) is 22.7 Å². The van der Waals surface area contributed by atoms with Gasteiger partial charge >= 0.3 is 0 Å². The van der Waals surface area contributed by atoms with Crippen LogP contribution in [0.3, 0.4) is 0 Å². The number of hydrogen-bond acceptors (Lipinski definition) is 2. The first-order valence-corrected chi connectivity index (χ1v) is 7.30. The molecule has 17 heavy (non-hydrogen) atoms. The third-order valence-corrected chi connectivity index (χ3v) is 5.00. The number of likely N-dealkylation sites (tertiary alicyclic amines) is 1. The topological polar surface area (TPSA) is 29.3 Å². The SMILES string of the molecule is NC1CCN(C2CC2)C1c1ccc(Cl)c(Br)c1. The summed E-state index contributed by atoms with van der Waals surface area (Å²) in [4.78, 5) is 2.57. The number of hydrogen-bond donors (Lipinski definition) is 1. The molecule has 2 aliphatic rings. The van der Waals surface area contributed by atoms with E-state index >= 15 is 0 Å². The van der Waals surface area contributed by atoms with Gasteiger partial charge in [-0.25, -0.2) is 0 Å². The van der Waals surface area contributed by atoms with Gasteiger partial charge in [0.05, 0.1) is 11.1 Å². The van der Waals surface area contributed by atoms with Gasteiger partial charge in [0.15, 0.2) is 0 Å². The molecule has 1 aromatic rings. The van der Waals surface area contributed by atoms with Crippen LogP contribution in [0, 0.1) is 0 Å². The van der Waals surface area contributed by atoms with Crippen molar-refractivity contribution in [1.29, 1.82) is 0 Å². The lowest BCUT2D eigenvalue weighted by Gasteiger charge is -2.27. The Morgan fingerprint density at radius 3 is 2.71 bits per heavy atom. The van der Waals surface area contributed by atoms with Crippen LogP contribution in [0.25, 0.3) is 0 Å². The first-order chi connectivity index (χ1) is 8.16. The molecule has 0 spiro atoms. The van der Waals surface area contributed by atoms with Crippen LogP contribution in [0.2, 0.25) is 5.02 Å². The molecule has 0 radical (unpaired) electrons. The molecular weight excluding hydrogens is 300 g/mol. The van der Waals surface area contributed by atoms with Crippen LogP contribution in [-0.2, 0) is 0 Å². The molecule has 2 nitrogen and oxygen atoms in total. The van der Waals surface area contributed by atoms with Gasteiger partial charge in [0.25, 0.3) is 0 Å². The van der Waals surface area contributed by atoms with Crippen molar-refractivity contribution >= 4 is 27.5 Å². The van der Waals surface area contributed by atoms with Crippen LogP contribution >= 0.6 is 27.5 Å². The Hall–Kier alpha value is -0.0900. The minimum absolute atomic E-state index is 0.253. The molecular formula is C13H16BrClN2. The molecule has 1 aliphatic carbocycles. The molecule has 0 aromatic heterocycles. The fourth-order valence-corrected chi connectivity index (χ4v) is 3.31. The smallest absolute Gasteiger partial charge is 0.0548 e. The summed E-state index contributed by atoms with van der Waals surface area (Å²) in [6.07, 6.45) is 3.76. The van der Waals surface area contributed by atoms with Crippen molar-refractivity contribution in [2.45, 2.75) is 37.4 Å². The molecule has 2 fully saturated rings. The van der Waals surface area contributed by atoms with E-state index in [-0.39, 0.29) is 6.04 Å². The molecule has 1 aliphatic heterocycles. The number of rotatable bonds is 2. The van der Waals surface area contributed by atoms with Crippen LogP contribution in [0.4, 0.5) is 0 Å². The maximum absolute atomic E-state index is 6.27. The average molecular weight is 316 g/mol. The van der Waals surface area contributed by atoms with Gasteiger partial charge in [-0.2, -0.15) is 0 Å². The third-order valence-electron chi connectivity index (χ3n) is 3.78. The van der Waals surface area contributed by atoms with Crippen molar-refractivity contribution in [3.05, 3.63) is 33.3 Å². The highest BCUT2D eigenvalue weighted by atomic mass is 79.9. The monoisotopic (exact) mass is 314 g/mol. The quantitative estimate of drug-likeness (QED) is 0.907. The second-order valence-corrected chi connectivity index (χ2v) is 6.30. The summed E-state index contributed by atoms with van der Waals surface area (Å²) in [5, 5.41) is 0.762. The van der Waals surface area contributed by atoms with Crippen molar-refractivity contribution in [2.24, 2.45) is 5.73 Å². The van der Waals surface area contributed by atoms with Gasteiger partial charge in [0.2, 0.25) is 0 Å². The summed E-state index contributed by atoms with van der Waals surface area (Å²) in [6.45, 7) is 1.14. The van der Waals surface area contributed by atoms with Crippen molar-refractivity contribution in [3.8, 4) is 0 Å². The van der Waals surface area contributed by atoms with E-state index in [0.717, 1.165) is 28.5 Å². The number of nitrogens with two attached hydrogens (primary N) is 1. The number of halogens is 2. The second kappa shape index (κ2) is 4.54. The van der Waals surface area contributed by atoms with E-state index in [1.54, 1.807) is 0 Å². The van der Waals surface area contributed by atoms with Crippen LogP contribution in [0.5, 0.6) is 0 Å². The highest BCUT2D eigenvalue weighted by Crippen LogP contribution is 2.41. The minimum Gasteiger partial charge on any atom is -0.326 e. The lowest BCUT2D eigenvalue weighted by molar-refractivity contribution is 0.237. The highest BCUT2D eigenvalue weighted by Gasteiger charge is 2.41. The zero-order valence-electron chi connectivity index (χ0n) is 9.57. The molecule has 1 saturated carbocycles. The summed E-state index contributed by atoms with van der Waals surface area (Å²) in [5.74, 6) is 0. The maximum atomic E-state index is 6.27. The first kappa shape index (κ1) is 12.0. The van der Waals surface area contributed by atoms with Gasteiger partial charge in [0, 0.05) is 23.1 Å². The maximum Gasteiger partial charge on any atom is 0.0548 e. The van der Waals surface area contributed by atoms with E-state index in [0.29, 0.717) is 6.04 Å². The van der Waals surface area contributed by atoms with Crippen molar-refractivity contribution < 1.29 is 0 Å². The number of benzene rings is 1. The molecule has 0 amide bonds. The van der Waals surface area contributed by atoms with Gasteiger partial charge in [-0.15, -0.1) is 0 Å². The Kier molecular flexibility index (Phi) is 3.20. The van der Waals surface area contributed by atoms with E-state index < -0.39 is 0 Å². The predicted molar refractivity (Wildman–Crippen MR) is 74.2 cm³/mol. The van der Waals surface area contributed by atoms with Crippen LogP contribution in [0.1, 0.15) is 30.9 Å². The molecule has 1 heterocycles. The van der Waals surface area contributed by atoms with Gasteiger partial charge in [-0.3, -0.25) is 4.90 Å². The van der Waals surface area contributed by atoms with E-state index in [1.165, 1.54) is 18.4 Å². The Bertz CT molecular complexity index is 433. The zero-order valence-corrected chi connectivity index (χ0v) is 11.9. The lowest BCUT2D eigenvalue weighted by Crippen LogP contribution is -2.33. The molecule has 2 atom stereocenters. The largest absolute Gasteiger partial charge is 0.326 e. The van der Waals surface area contributed by atoms with E-state index in [2.05, 4.69) is 33.0 Å². The molecule has 0 bridgehead atoms. The average Bonchev–Trinajstić information content (AvgIpc) is 3.07.